The lowest BCUT2D eigenvalue weighted by molar-refractivity contribution is 0.112. The SMILES string of the molecule is CCCCN(c1ccccc1C=O)C1CC1. The predicted molar refractivity (Wildman–Crippen MR) is 67.1 cm³/mol. The van der Waals surface area contributed by atoms with E-state index in [0.717, 1.165) is 24.1 Å². The molecule has 0 spiro atoms. The molecule has 1 aliphatic rings. The fourth-order valence-electron chi connectivity index (χ4n) is 2.06. The molecule has 0 amide bonds. The van der Waals surface area contributed by atoms with Gasteiger partial charge in [-0.1, -0.05) is 25.5 Å². The van der Waals surface area contributed by atoms with Gasteiger partial charge in [0.1, 0.15) is 0 Å². The van der Waals surface area contributed by atoms with Crippen LogP contribution in [0.3, 0.4) is 0 Å². The van der Waals surface area contributed by atoms with E-state index in [9.17, 15) is 4.79 Å². The van der Waals surface area contributed by atoms with Crippen LogP contribution in [0.2, 0.25) is 0 Å². The van der Waals surface area contributed by atoms with Crippen molar-refractivity contribution >= 4 is 12.0 Å². The average Bonchev–Trinajstić information content (AvgIpc) is 3.14. The van der Waals surface area contributed by atoms with Crippen molar-refractivity contribution in [2.24, 2.45) is 0 Å². The Hall–Kier alpha value is -1.31. The first kappa shape index (κ1) is 11.2. The number of carbonyl (C=O) groups excluding carboxylic acids is 1. The first-order valence-corrected chi connectivity index (χ1v) is 6.17. The van der Waals surface area contributed by atoms with E-state index in [2.05, 4.69) is 17.9 Å². The number of hydrogen-bond acceptors (Lipinski definition) is 2. The van der Waals surface area contributed by atoms with Crippen LogP contribution >= 0.6 is 0 Å². The molecule has 1 aromatic carbocycles. The summed E-state index contributed by atoms with van der Waals surface area (Å²) in [5, 5.41) is 0. The van der Waals surface area contributed by atoms with Gasteiger partial charge in [0, 0.05) is 23.8 Å². The smallest absolute Gasteiger partial charge is 0.152 e. The van der Waals surface area contributed by atoms with E-state index < -0.39 is 0 Å². The van der Waals surface area contributed by atoms with Crippen molar-refractivity contribution < 1.29 is 4.79 Å². The van der Waals surface area contributed by atoms with Gasteiger partial charge < -0.3 is 4.90 Å². The fourth-order valence-corrected chi connectivity index (χ4v) is 2.06. The topological polar surface area (TPSA) is 20.3 Å². The molecule has 0 aliphatic heterocycles. The Morgan fingerprint density at radius 2 is 2.12 bits per heavy atom. The Morgan fingerprint density at radius 1 is 1.38 bits per heavy atom. The molecule has 0 heterocycles. The minimum Gasteiger partial charge on any atom is -0.368 e. The quantitative estimate of drug-likeness (QED) is 0.682. The molecule has 86 valence electrons. The van der Waals surface area contributed by atoms with Gasteiger partial charge in [0.2, 0.25) is 0 Å². The predicted octanol–water partition coefficient (Wildman–Crippen LogP) is 3.27. The van der Waals surface area contributed by atoms with Gasteiger partial charge in [-0.15, -0.1) is 0 Å². The second-order valence-corrected chi connectivity index (χ2v) is 4.45. The van der Waals surface area contributed by atoms with Crippen molar-refractivity contribution in [2.45, 2.75) is 38.6 Å². The summed E-state index contributed by atoms with van der Waals surface area (Å²) >= 11 is 0. The highest BCUT2D eigenvalue weighted by atomic mass is 16.1. The molecule has 2 rings (SSSR count). The molecule has 0 radical (unpaired) electrons. The van der Waals surface area contributed by atoms with E-state index >= 15 is 0 Å². The van der Waals surface area contributed by atoms with Gasteiger partial charge in [0.25, 0.3) is 0 Å². The van der Waals surface area contributed by atoms with Crippen molar-refractivity contribution in [3.8, 4) is 0 Å². The minimum absolute atomic E-state index is 0.674. The lowest BCUT2D eigenvalue weighted by Crippen LogP contribution is -2.27. The van der Waals surface area contributed by atoms with Gasteiger partial charge in [0.15, 0.2) is 6.29 Å². The van der Waals surface area contributed by atoms with Crippen LogP contribution in [-0.2, 0) is 0 Å². The number of para-hydroxylation sites is 1. The number of benzene rings is 1. The van der Waals surface area contributed by atoms with E-state index in [1.165, 1.54) is 25.7 Å². The zero-order valence-corrected chi connectivity index (χ0v) is 9.86. The summed E-state index contributed by atoms with van der Waals surface area (Å²) < 4.78 is 0. The zero-order valence-electron chi connectivity index (χ0n) is 9.86. The molecule has 1 aromatic rings. The second kappa shape index (κ2) is 5.15. The second-order valence-electron chi connectivity index (χ2n) is 4.45. The number of anilines is 1. The van der Waals surface area contributed by atoms with E-state index in [0.29, 0.717) is 6.04 Å². The maximum Gasteiger partial charge on any atom is 0.152 e. The van der Waals surface area contributed by atoms with Crippen molar-refractivity contribution in [2.75, 3.05) is 11.4 Å². The Labute approximate surface area is 97.3 Å². The third-order valence-electron chi connectivity index (χ3n) is 3.11. The number of nitrogens with zero attached hydrogens (tertiary/aromatic N) is 1. The number of rotatable bonds is 6. The number of unbranched alkanes of at least 4 members (excludes halogenated alkanes) is 1. The highest BCUT2D eigenvalue weighted by Gasteiger charge is 2.29. The van der Waals surface area contributed by atoms with Crippen LogP contribution in [0.4, 0.5) is 5.69 Å². The van der Waals surface area contributed by atoms with Gasteiger partial charge >= 0.3 is 0 Å². The van der Waals surface area contributed by atoms with Crippen LogP contribution < -0.4 is 4.90 Å². The lowest BCUT2D eigenvalue weighted by atomic mass is 10.1. The summed E-state index contributed by atoms with van der Waals surface area (Å²) in [5.41, 5.74) is 1.94. The standard InChI is InChI=1S/C14H19NO/c1-2-3-10-15(13-8-9-13)14-7-5-4-6-12(14)11-16/h4-7,11,13H,2-3,8-10H2,1H3. The third-order valence-corrected chi connectivity index (χ3v) is 3.11. The molecule has 0 atom stereocenters. The molecule has 0 unspecified atom stereocenters. The van der Waals surface area contributed by atoms with Crippen molar-refractivity contribution in [3.05, 3.63) is 29.8 Å². The third kappa shape index (κ3) is 2.43. The number of aldehydes is 1. The van der Waals surface area contributed by atoms with Crippen molar-refractivity contribution in [3.63, 3.8) is 0 Å². The summed E-state index contributed by atoms with van der Waals surface area (Å²) in [5.74, 6) is 0. The first-order chi connectivity index (χ1) is 7.86. The molecule has 0 bridgehead atoms. The van der Waals surface area contributed by atoms with Gasteiger partial charge in [-0.3, -0.25) is 4.79 Å². The number of hydrogen-bond donors (Lipinski definition) is 0. The van der Waals surface area contributed by atoms with Crippen LogP contribution in [0.25, 0.3) is 0 Å². The molecule has 1 fully saturated rings. The Balaban J connectivity index is 2.19. The first-order valence-electron chi connectivity index (χ1n) is 6.17. The fraction of sp³-hybridized carbons (Fsp3) is 0.500. The molecule has 1 aliphatic carbocycles. The van der Waals surface area contributed by atoms with E-state index in [-0.39, 0.29) is 0 Å². The largest absolute Gasteiger partial charge is 0.368 e. The molecule has 0 aromatic heterocycles. The molecule has 1 saturated carbocycles. The lowest BCUT2D eigenvalue weighted by Gasteiger charge is -2.25. The van der Waals surface area contributed by atoms with Gasteiger partial charge in [-0.05, 0) is 31.4 Å². The van der Waals surface area contributed by atoms with E-state index in [4.69, 9.17) is 0 Å². The molecular weight excluding hydrogens is 198 g/mol. The Kier molecular flexibility index (Phi) is 3.60. The molecule has 0 saturated heterocycles. The van der Waals surface area contributed by atoms with Crippen LogP contribution in [0.15, 0.2) is 24.3 Å². The van der Waals surface area contributed by atoms with Gasteiger partial charge in [-0.2, -0.15) is 0 Å². The van der Waals surface area contributed by atoms with E-state index in [1.807, 2.05) is 18.2 Å². The van der Waals surface area contributed by atoms with Crippen molar-refractivity contribution in [1.82, 2.24) is 0 Å². The molecular formula is C14H19NO. The van der Waals surface area contributed by atoms with Crippen molar-refractivity contribution in [1.29, 1.82) is 0 Å². The molecule has 16 heavy (non-hydrogen) atoms. The summed E-state index contributed by atoms with van der Waals surface area (Å²) in [6.07, 6.45) is 5.92. The minimum atomic E-state index is 0.674. The maximum atomic E-state index is 11.0. The summed E-state index contributed by atoms with van der Waals surface area (Å²) in [7, 11) is 0. The average molecular weight is 217 g/mol. The van der Waals surface area contributed by atoms with E-state index in [1.54, 1.807) is 0 Å². The number of carbonyl (C=O) groups is 1. The van der Waals surface area contributed by atoms with Crippen LogP contribution in [0, 0.1) is 0 Å². The summed E-state index contributed by atoms with van der Waals surface area (Å²) in [6.45, 7) is 3.28. The highest BCUT2D eigenvalue weighted by molar-refractivity contribution is 5.84. The van der Waals surface area contributed by atoms with Gasteiger partial charge in [0.05, 0.1) is 0 Å². The zero-order chi connectivity index (χ0) is 11.4. The molecule has 0 N–H and O–H groups in total. The van der Waals surface area contributed by atoms with Crippen LogP contribution in [0.5, 0.6) is 0 Å². The summed E-state index contributed by atoms with van der Waals surface area (Å²) in [4.78, 5) is 13.4. The Bertz CT molecular complexity index is 358. The highest BCUT2D eigenvalue weighted by Crippen LogP contribution is 2.33. The monoisotopic (exact) mass is 217 g/mol. The maximum absolute atomic E-state index is 11.0. The van der Waals surface area contributed by atoms with Crippen LogP contribution in [0.1, 0.15) is 43.0 Å². The van der Waals surface area contributed by atoms with Gasteiger partial charge in [-0.25, -0.2) is 0 Å². The normalized spacial score (nSPS) is 14.8. The molecule has 2 nitrogen and oxygen atoms in total. The molecule has 2 heteroatoms. The Morgan fingerprint density at radius 3 is 2.75 bits per heavy atom. The summed E-state index contributed by atoms with van der Waals surface area (Å²) in [6, 6.07) is 8.59. The van der Waals surface area contributed by atoms with Crippen LogP contribution in [-0.4, -0.2) is 18.9 Å².